The van der Waals surface area contributed by atoms with E-state index >= 15 is 4.39 Å². The van der Waals surface area contributed by atoms with Gasteiger partial charge >= 0.3 is 0 Å². The lowest BCUT2D eigenvalue weighted by molar-refractivity contribution is 0.0986. The number of pyridine rings is 2. The van der Waals surface area contributed by atoms with Crippen LogP contribution in [0.25, 0.3) is 0 Å². The number of nitrogens with zero attached hydrogens (tertiary/aromatic N) is 5. The van der Waals surface area contributed by atoms with Crippen LogP contribution in [0.5, 0.6) is 0 Å². The number of rotatable bonds is 4. The molecule has 10 heteroatoms. The van der Waals surface area contributed by atoms with Crippen molar-refractivity contribution in [1.29, 1.82) is 5.26 Å². The molecule has 0 radical (unpaired) electrons. The van der Waals surface area contributed by atoms with Gasteiger partial charge in [-0.25, -0.2) is 13.0 Å². The van der Waals surface area contributed by atoms with Crippen LogP contribution in [-0.4, -0.2) is 42.3 Å². The maximum Gasteiger partial charge on any atom is 0.187 e. The molecule has 0 amide bonds. The molecule has 172 valence electrons. The molecule has 8 nitrogen and oxygen atoms in total. The van der Waals surface area contributed by atoms with E-state index in [2.05, 4.69) is 19.3 Å². The molecule has 0 aliphatic carbocycles. The number of halogens is 1. The van der Waals surface area contributed by atoms with Crippen LogP contribution in [0.1, 0.15) is 60.2 Å². The van der Waals surface area contributed by atoms with Gasteiger partial charge in [0.15, 0.2) is 5.78 Å². The van der Waals surface area contributed by atoms with E-state index in [0.717, 1.165) is 0 Å². The monoisotopic (exact) mass is 468 g/mol. The highest BCUT2D eigenvalue weighted by atomic mass is 32.2. The minimum Gasteiger partial charge on any atom is -0.386 e. The highest BCUT2D eigenvalue weighted by Crippen LogP contribution is 2.47. The Bertz CT molecular complexity index is 1370. The highest BCUT2D eigenvalue weighted by molar-refractivity contribution is 7.96. The number of fused-ring (bicyclic) bond motifs is 1. The molecule has 4 heterocycles. The minimum atomic E-state index is -2.83. The number of aromatic nitrogens is 2. The van der Waals surface area contributed by atoms with Crippen molar-refractivity contribution in [2.75, 3.05) is 6.54 Å². The van der Waals surface area contributed by atoms with Crippen molar-refractivity contribution in [3.8, 4) is 6.07 Å². The minimum absolute atomic E-state index is 0.00517. The predicted octanol–water partition coefficient (Wildman–Crippen LogP) is 2.83. The lowest BCUT2D eigenvalue weighted by Crippen LogP contribution is -2.58. The number of aliphatic imine (C=N–C) groups is 1. The third kappa shape index (κ3) is 3.42. The third-order valence-electron chi connectivity index (χ3n) is 6.58. The molecule has 0 aromatic carbocycles. The zero-order chi connectivity index (χ0) is 24.2. The van der Waals surface area contributed by atoms with E-state index in [-0.39, 0.29) is 29.4 Å². The summed E-state index contributed by atoms with van der Waals surface area (Å²) >= 11 is 0. The van der Waals surface area contributed by atoms with E-state index in [1.54, 1.807) is 33.8 Å². The van der Waals surface area contributed by atoms with Crippen LogP contribution in [0.2, 0.25) is 0 Å². The second-order valence-electron chi connectivity index (χ2n) is 9.09. The molecule has 33 heavy (non-hydrogen) atoms. The lowest BCUT2D eigenvalue weighted by atomic mass is 9.89. The molecule has 0 bridgehead atoms. The van der Waals surface area contributed by atoms with Gasteiger partial charge in [0.2, 0.25) is 0 Å². The van der Waals surface area contributed by atoms with Crippen molar-refractivity contribution in [3.05, 3.63) is 58.4 Å². The molecule has 0 fully saturated rings. The van der Waals surface area contributed by atoms with Gasteiger partial charge < -0.3 is 5.73 Å². The number of hydrogen-bond donors (Lipinski definition) is 1. The molecule has 4 rings (SSSR count). The van der Waals surface area contributed by atoms with Crippen molar-refractivity contribution in [3.63, 3.8) is 0 Å². The van der Waals surface area contributed by atoms with E-state index in [4.69, 9.17) is 11.0 Å². The number of amidine groups is 1. The summed E-state index contributed by atoms with van der Waals surface area (Å²) in [5, 5.41) is 8.45. The van der Waals surface area contributed by atoms with E-state index in [0.29, 0.717) is 29.8 Å². The maximum absolute atomic E-state index is 15.1. The van der Waals surface area contributed by atoms with Crippen LogP contribution in [0.15, 0.2) is 33.8 Å². The largest absolute Gasteiger partial charge is 0.386 e. The van der Waals surface area contributed by atoms with Gasteiger partial charge in [0.1, 0.15) is 39.4 Å². The molecule has 0 saturated carbocycles. The normalized spacial score (nSPS) is 27.8. The Morgan fingerprint density at radius 1 is 1.36 bits per heavy atom. The van der Waals surface area contributed by atoms with Gasteiger partial charge in [0.05, 0.1) is 27.0 Å². The summed E-state index contributed by atoms with van der Waals surface area (Å²) in [6, 6.07) is 6.26. The van der Waals surface area contributed by atoms with Crippen LogP contribution >= 0.6 is 0 Å². The molecule has 2 aliphatic heterocycles. The Morgan fingerprint density at radius 2 is 2.09 bits per heavy atom. The van der Waals surface area contributed by atoms with Gasteiger partial charge in [-0.3, -0.25) is 19.8 Å². The van der Waals surface area contributed by atoms with Crippen molar-refractivity contribution in [1.82, 2.24) is 9.97 Å². The molecule has 0 saturated heterocycles. The van der Waals surface area contributed by atoms with Crippen LogP contribution in [0.3, 0.4) is 0 Å². The van der Waals surface area contributed by atoms with Crippen molar-refractivity contribution in [2.45, 2.75) is 56.1 Å². The molecule has 2 aromatic rings. The highest BCUT2D eigenvalue weighted by Gasteiger charge is 2.57. The van der Waals surface area contributed by atoms with E-state index in [1.807, 2.05) is 6.07 Å². The SMILES string of the molecule is Cc1cc(C#N)cnc1C(=O)Cc1ccc(F)c([C@@]2(C)N=C(N)C(C)(C)[S@@]3(=O)=NCC[C@H]23)n1. The van der Waals surface area contributed by atoms with Crippen LogP contribution in [0, 0.1) is 24.1 Å². The van der Waals surface area contributed by atoms with Gasteiger partial charge in [-0.05, 0) is 57.9 Å². The standard InChI is InChI=1S/C23H25FN6O2S/c1-13-9-14(11-25)12-27-19(13)17(31)10-15-5-6-16(24)20(29-15)23(4)18-7-8-28-33(18,32)22(2,3)21(26)30-23/h5-6,9,12,18H,7-8,10H2,1-4H3,(H2,26,30)/t18-,23+,33-/m1/s1. The zero-order valence-corrected chi connectivity index (χ0v) is 19.7. The Hall–Kier alpha value is -3.19. The molecule has 3 atom stereocenters. The van der Waals surface area contributed by atoms with Crippen molar-refractivity contribution in [2.24, 2.45) is 15.1 Å². The summed E-state index contributed by atoms with van der Waals surface area (Å²) in [5.41, 5.74) is 6.46. The average molecular weight is 469 g/mol. The fourth-order valence-corrected chi connectivity index (χ4v) is 7.74. The number of ketones is 1. The summed E-state index contributed by atoms with van der Waals surface area (Å²) in [4.78, 5) is 26.1. The number of Topliss-reactive ketones (excluding diaryl/α,β-unsaturated/α-hetero) is 1. The summed E-state index contributed by atoms with van der Waals surface area (Å²) in [5.74, 6) is -0.761. The van der Waals surface area contributed by atoms with Gasteiger partial charge in [-0.1, -0.05) is 0 Å². The van der Waals surface area contributed by atoms with Crippen molar-refractivity contribution < 1.29 is 13.4 Å². The van der Waals surface area contributed by atoms with Gasteiger partial charge in [0, 0.05) is 18.4 Å². The Morgan fingerprint density at radius 3 is 2.76 bits per heavy atom. The van der Waals surface area contributed by atoms with Crippen molar-refractivity contribution >= 4 is 21.3 Å². The summed E-state index contributed by atoms with van der Waals surface area (Å²) in [7, 11) is -2.83. The number of aryl methyl sites for hydroxylation is 1. The lowest BCUT2D eigenvalue weighted by Gasteiger charge is -2.44. The zero-order valence-electron chi connectivity index (χ0n) is 18.9. The van der Waals surface area contributed by atoms with Gasteiger partial charge in [0.25, 0.3) is 0 Å². The van der Waals surface area contributed by atoms with Crippen LogP contribution in [-0.2, 0) is 21.7 Å². The van der Waals surface area contributed by atoms with E-state index in [9.17, 15) is 9.00 Å². The fraction of sp³-hybridized carbons (Fsp3) is 0.435. The van der Waals surface area contributed by atoms with E-state index in [1.165, 1.54) is 18.3 Å². The molecule has 0 spiro atoms. The van der Waals surface area contributed by atoms with Gasteiger partial charge in [-0.2, -0.15) is 5.26 Å². The number of hydrogen-bond acceptors (Lipinski definition) is 8. The molecular formula is C23H25FN6O2S. The second kappa shape index (κ2) is 7.70. The first-order valence-corrected chi connectivity index (χ1v) is 12.1. The molecule has 2 aromatic heterocycles. The summed E-state index contributed by atoms with van der Waals surface area (Å²) < 4.78 is 32.5. The fourth-order valence-electron chi connectivity index (χ4n) is 4.59. The number of carbonyl (C=O) groups is 1. The van der Waals surface area contributed by atoms with Gasteiger partial charge in [-0.15, -0.1) is 0 Å². The first-order chi connectivity index (χ1) is 15.4. The predicted molar refractivity (Wildman–Crippen MR) is 123 cm³/mol. The van der Waals surface area contributed by atoms with Crippen LogP contribution in [0.4, 0.5) is 4.39 Å². The Kier molecular flexibility index (Phi) is 5.36. The molecule has 2 aliphatic rings. The summed E-state index contributed by atoms with van der Waals surface area (Å²) in [6.07, 6.45) is 1.71. The topological polar surface area (TPSA) is 134 Å². The summed E-state index contributed by atoms with van der Waals surface area (Å²) in [6.45, 7) is 7.27. The first-order valence-electron chi connectivity index (χ1n) is 10.6. The van der Waals surface area contributed by atoms with E-state index < -0.39 is 31.1 Å². The number of carbonyl (C=O) groups excluding carboxylic acids is 1. The Balaban J connectivity index is 1.75. The van der Waals surface area contributed by atoms with Crippen LogP contribution < -0.4 is 5.73 Å². The number of nitriles is 1. The average Bonchev–Trinajstić information content (AvgIpc) is 3.18. The quantitative estimate of drug-likeness (QED) is 0.686. The first kappa shape index (κ1) is 23.0. The molecule has 0 unspecified atom stereocenters. The Labute approximate surface area is 192 Å². The second-order valence-corrected chi connectivity index (χ2v) is 12.1. The molecular weight excluding hydrogens is 443 g/mol. The maximum atomic E-state index is 15.1. The number of nitrogens with two attached hydrogens (primary N) is 1. The molecule has 2 N–H and O–H groups in total. The smallest absolute Gasteiger partial charge is 0.187 e. The third-order valence-corrected chi connectivity index (χ3v) is 10.3.